The molecule has 1 spiro atoms. The molecule has 0 radical (unpaired) electrons. The summed E-state index contributed by atoms with van der Waals surface area (Å²) in [6.07, 6.45) is 6.94. The zero-order valence-electron chi connectivity index (χ0n) is 8.63. The highest BCUT2D eigenvalue weighted by Gasteiger charge is 2.50. The van der Waals surface area contributed by atoms with Gasteiger partial charge in [-0.2, -0.15) is 0 Å². The van der Waals surface area contributed by atoms with Crippen LogP contribution in [0.1, 0.15) is 38.5 Å². The van der Waals surface area contributed by atoms with Crippen molar-refractivity contribution in [3.05, 3.63) is 0 Å². The van der Waals surface area contributed by atoms with Gasteiger partial charge in [-0.25, -0.2) is 0 Å². The maximum absolute atomic E-state index is 6.23. The highest BCUT2D eigenvalue weighted by Crippen LogP contribution is 2.49. The van der Waals surface area contributed by atoms with E-state index in [4.69, 9.17) is 15.2 Å². The van der Waals surface area contributed by atoms with Crippen LogP contribution in [-0.2, 0) is 9.47 Å². The van der Waals surface area contributed by atoms with E-state index in [1.165, 1.54) is 25.7 Å². The van der Waals surface area contributed by atoms with Crippen LogP contribution in [0.4, 0.5) is 0 Å². The molecule has 2 N–H and O–H groups in total. The molecule has 14 heavy (non-hydrogen) atoms. The molecule has 2 aliphatic carbocycles. The molecule has 1 aliphatic heterocycles. The van der Waals surface area contributed by atoms with Gasteiger partial charge in [-0.05, 0) is 31.6 Å². The van der Waals surface area contributed by atoms with Crippen LogP contribution in [0.2, 0.25) is 0 Å². The molecule has 0 bridgehead atoms. The zero-order chi connectivity index (χ0) is 9.65. The Kier molecular flexibility index (Phi) is 1.92. The molecule has 80 valence electrons. The number of ether oxygens (including phenoxy) is 2. The Labute approximate surface area is 84.9 Å². The smallest absolute Gasteiger partial charge is 0.168 e. The lowest BCUT2D eigenvalue weighted by molar-refractivity contribution is -0.183. The third-order valence-corrected chi connectivity index (χ3v) is 4.20. The second-order valence-corrected chi connectivity index (χ2v) is 5.12. The first-order valence-electron chi connectivity index (χ1n) is 5.79. The summed E-state index contributed by atoms with van der Waals surface area (Å²) in [5.41, 5.74) is 6.42. The number of hydrogen-bond donors (Lipinski definition) is 1. The fourth-order valence-electron chi connectivity index (χ4n) is 2.97. The summed E-state index contributed by atoms with van der Waals surface area (Å²) in [4.78, 5) is 0. The Hall–Kier alpha value is -0.120. The van der Waals surface area contributed by atoms with E-state index < -0.39 is 0 Å². The van der Waals surface area contributed by atoms with Crippen molar-refractivity contribution in [1.82, 2.24) is 0 Å². The minimum absolute atomic E-state index is 0.195. The summed E-state index contributed by atoms with van der Waals surface area (Å²) in [5.74, 6) is 0.516. The third kappa shape index (κ3) is 1.38. The van der Waals surface area contributed by atoms with Gasteiger partial charge in [-0.1, -0.05) is 0 Å². The van der Waals surface area contributed by atoms with E-state index in [0.29, 0.717) is 0 Å². The van der Waals surface area contributed by atoms with E-state index in [1.54, 1.807) is 0 Å². The van der Waals surface area contributed by atoms with Gasteiger partial charge in [-0.15, -0.1) is 0 Å². The molecule has 0 aromatic carbocycles. The molecule has 3 aliphatic rings. The van der Waals surface area contributed by atoms with Crippen molar-refractivity contribution in [2.75, 3.05) is 13.2 Å². The Balaban J connectivity index is 1.61. The maximum atomic E-state index is 6.23. The van der Waals surface area contributed by atoms with Crippen molar-refractivity contribution in [2.45, 2.75) is 49.9 Å². The van der Waals surface area contributed by atoms with Crippen molar-refractivity contribution in [3.8, 4) is 0 Å². The second kappa shape index (κ2) is 2.94. The molecule has 2 saturated carbocycles. The average molecular weight is 197 g/mol. The van der Waals surface area contributed by atoms with E-state index in [2.05, 4.69) is 0 Å². The molecule has 3 heteroatoms. The van der Waals surface area contributed by atoms with E-state index in [-0.39, 0.29) is 11.3 Å². The van der Waals surface area contributed by atoms with Gasteiger partial charge in [-0.3, -0.25) is 0 Å². The lowest BCUT2D eigenvalue weighted by Gasteiger charge is -2.37. The van der Waals surface area contributed by atoms with Gasteiger partial charge in [0.25, 0.3) is 0 Å². The molecule has 0 aromatic rings. The van der Waals surface area contributed by atoms with Crippen LogP contribution in [0.25, 0.3) is 0 Å². The normalized spacial score (nSPS) is 34.9. The molecule has 1 saturated heterocycles. The highest BCUT2D eigenvalue weighted by atomic mass is 16.7. The molecule has 3 nitrogen and oxygen atoms in total. The van der Waals surface area contributed by atoms with Gasteiger partial charge in [0.05, 0.1) is 13.2 Å². The first-order valence-corrected chi connectivity index (χ1v) is 5.79. The third-order valence-electron chi connectivity index (χ3n) is 4.20. The zero-order valence-corrected chi connectivity index (χ0v) is 8.63. The molecule has 0 unspecified atom stereocenters. The highest BCUT2D eigenvalue weighted by molar-refractivity contribution is 5.05. The van der Waals surface area contributed by atoms with Crippen LogP contribution in [0.5, 0.6) is 0 Å². The molecule has 0 aromatic heterocycles. The van der Waals surface area contributed by atoms with Gasteiger partial charge in [0.1, 0.15) is 0 Å². The van der Waals surface area contributed by atoms with Gasteiger partial charge in [0.15, 0.2) is 5.79 Å². The molecule has 1 heterocycles. The van der Waals surface area contributed by atoms with Crippen LogP contribution in [-0.4, -0.2) is 24.5 Å². The minimum atomic E-state index is -0.207. The van der Waals surface area contributed by atoms with E-state index in [9.17, 15) is 0 Å². The van der Waals surface area contributed by atoms with Crippen LogP contribution in [0.15, 0.2) is 0 Å². The Morgan fingerprint density at radius 3 is 2.00 bits per heavy atom. The summed E-state index contributed by atoms with van der Waals surface area (Å²) in [7, 11) is 0. The topological polar surface area (TPSA) is 44.5 Å². The Bertz CT molecular complexity index is 221. The molecule has 3 rings (SSSR count). The van der Waals surface area contributed by atoms with Gasteiger partial charge >= 0.3 is 0 Å². The van der Waals surface area contributed by atoms with Crippen molar-refractivity contribution in [2.24, 2.45) is 11.7 Å². The largest absolute Gasteiger partial charge is 0.348 e. The predicted molar refractivity (Wildman–Crippen MR) is 52.7 cm³/mol. The van der Waals surface area contributed by atoms with E-state index >= 15 is 0 Å². The quantitative estimate of drug-likeness (QED) is 0.691. The first kappa shape index (κ1) is 9.13. The number of nitrogens with two attached hydrogens (primary N) is 1. The average Bonchev–Trinajstić information content (AvgIpc) is 2.78. The molecule has 0 amide bonds. The summed E-state index contributed by atoms with van der Waals surface area (Å²) in [6.45, 7) is 1.55. The van der Waals surface area contributed by atoms with Crippen LogP contribution >= 0.6 is 0 Å². The summed E-state index contributed by atoms with van der Waals surface area (Å²) in [6, 6.07) is 0. The second-order valence-electron chi connectivity index (χ2n) is 5.12. The van der Waals surface area contributed by atoms with Gasteiger partial charge in [0, 0.05) is 18.4 Å². The molecule has 0 atom stereocenters. The van der Waals surface area contributed by atoms with Crippen LogP contribution < -0.4 is 5.73 Å². The molecule has 3 fully saturated rings. The van der Waals surface area contributed by atoms with Gasteiger partial charge < -0.3 is 15.2 Å². The Morgan fingerprint density at radius 2 is 1.50 bits per heavy atom. The first-order chi connectivity index (χ1) is 6.73. The van der Waals surface area contributed by atoms with Gasteiger partial charge in [0.2, 0.25) is 0 Å². The molecular formula is C11H19NO2. The number of hydrogen-bond acceptors (Lipinski definition) is 3. The SMILES string of the molecule is NC1(C2CCC3(CC2)OCCO3)CC1. The van der Waals surface area contributed by atoms with E-state index in [1.807, 2.05) is 0 Å². The fraction of sp³-hybridized carbons (Fsp3) is 1.00. The summed E-state index contributed by atoms with van der Waals surface area (Å²) >= 11 is 0. The van der Waals surface area contributed by atoms with Crippen molar-refractivity contribution in [1.29, 1.82) is 0 Å². The standard InChI is InChI=1S/C11H19NO2/c12-10(5-6-10)9-1-3-11(4-2-9)13-7-8-14-11/h9H,1-8,12H2. The lowest BCUT2D eigenvalue weighted by atomic mass is 9.79. The fourth-order valence-corrected chi connectivity index (χ4v) is 2.97. The van der Waals surface area contributed by atoms with Crippen molar-refractivity contribution < 1.29 is 9.47 Å². The number of rotatable bonds is 1. The monoisotopic (exact) mass is 197 g/mol. The Morgan fingerprint density at radius 1 is 0.929 bits per heavy atom. The minimum Gasteiger partial charge on any atom is -0.348 e. The van der Waals surface area contributed by atoms with Crippen molar-refractivity contribution in [3.63, 3.8) is 0 Å². The summed E-state index contributed by atoms with van der Waals surface area (Å²) in [5, 5.41) is 0. The summed E-state index contributed by atoms with van der Waals surface area (Å²) < 4.78 is 11.4. The lowest BCUT2D eigenvalue weighted by Crippen LogP contribution is -2.41. The van der Waals surface area contributed by atoms with Crippen LogP contribution in [0.3, 0.4) is 0 Å². The van der Waals surface area contributed by atoms with Crippen molar-refractivity contribution >= 4 is 0 Å². The van der Waals surface area contributed by atoms with Crippen LogP contribution in [0, 0.1) is 5.92 Å². The predicted octanol–water partition coefficient (Wildman–Crippen LogP) is 1.41. The van der Waals surface area contributed by atoms with E-state index in [0.717, 1.165) is 32.0 Å². The molecular weight excluding hydrogens is 178 g/mol. The maximum Gasteiger partial charge on any atom is 0.168 e.